The summed E-state index contributed by atoms with van der Waals surface area (Å²) in [7, 11) is 0. The molecule has 6 aromatic heterocycles. The topological polar surface area (TPSA) is 113 Å². The number of furan rings is 2. The normalized spacial score (nSPS) is 11.6. The first-order valence-corrected chi connectivity index (χ1v) is 37.6. The van der Waals surface area contributed by atoms with Gasteiger partial charge in [0.2, 0.25) is 0 Å². The Morgan fingerprint density at radius 1 is 0.188 bits per heavy atom. The molecule has 0 bridgehead atoms. The summed E-state index contributed by atoms with van der Waals surface area (Å²) in [6.07, 6.45) is 0. The first-order chi connectivity index (χ1) is 55.5. The minimum atomic E-state index is 0.591. The number of nitrogens with zero attached hydrogens (tertiary/aromatic N) is 8. The largest absolute Gasteiger partial charge is 0.455 e. The van der Waals surface area contributed by atoms with Crippen molar-refractivity contribution in [3.63, 3.8) is 0 Å². The van der Waals surface area contributed by atoms with E-state index >= 15 is 0 Å². The highest BCUT2D eigenvalue weighted by Gasteiger charge is 2.27. The molecule has 10 nitrogen and oxygen atoms in total. The fraction of sp³-hybridized carbons (Fsp3) is 0. The third-order valence-corrected chi connectivity index (χ3v) is 21.4. The molecule has 0 saturated heterocycles. The van der Waals surface area contributed by atoms with Crippen LogP contribution in [0.5, 0.6) is 0 Å². The predicted molar refractivity (Wildman–Crippen MR) is 457 cm³/mol. The van der Waals surface area contributed by atoms with Crippen LogP contribution < -0.4 is 0 Å². The van der Waals surface area contributed by atoms with Crippen LogP contribution in [0.15, 0.2) is 397 Å². The Hall–Kier alpha value is -15.3. The van der Waals surface area contributed by atoms with E-state index in [-0.39, 0.29) is 0 Å². The molecule has 0 N–H and O–H groups in total. The van der Waals surface area contributed by atoms with Crippen LogP contribution >= 0.6 is 0 Å². The average molecular weight is 1430 g/mol. The van der Waals surface area contributed by atoms with Gasteiger partial charge in [-0.15, -0.1) is 0 Å². The van der Waals surface area contributed by atoms with Gasteiger partial charge in [0.1, 0.15) is 22.3 Å². The summed E-state index contributed by atoms with van der Waals surface area (Å²) in [5.41, 5.74) is 24.3. The van der Waals surface area contributed by atoms with E-state index in [9.17, 15) is 0 Å². The molecule has 0 fully saturated rings. The average Bonchev–Trinajstić information content (AvgIpc) is 1.55. The zero-order valence-corrected chi connectivity index (χ0v) is 60.3. The van der Waals surface area contributed by atoms with Crippen LogP contribution in [0.4, 0.5) is 0 Å². The molecule has 0 atom stereocenters. The van der Waals surface area contributed by atoms with Gasteiger partial charge in [-0.05, 0) is 106 Å². The van der Waals surface area contributed by atoms with Gasteiger partial charge >= 0.3 is 0 Å². The van der Waals surface area contributed by atoms with Gasteiger partial charge in [-0.2, -0.15) is 0 Å². The quantitative estimate of drug-likeness (QED) is 0.119. The van der Waals surface area contributed by atoms with Crippen LogP contribution in [-0.2, 0) is 0 Å². The molecule has 524 valence electrons. The molecule has 10 heteroatoms. The van der Waals surface area contributed by atoms with E-state index < -0.39 is 0 Å². The fourth-order valence-corrected chi connectivity index (χ4v) is 16.1. The first-order valence-electron chi connectivity index (χ1n) is 37.6. The molecule has 0 unspecified atom stereocenters. The lowest BCUT2D eigenvalue weighted by atomic mass is 10.0. The summed E-state index contributed by atoms with van der Waals surface area (Å²) in [6.45, 7) is 0. The standard InChI is InChI=1S/2C51H32N4O/c1-4-15-33(16-5-1)34-27-29-37(30-28-34)50-52-49(36-19-8-3-9-20-36)53-51(54-50)41-22-10-12-25-43(41)55-44-32-31-40-39-21-11-13-26-45(39)56-48(40)46(44)42-24-14-23-38(47(42)55)35-17-6-2-7-18-35;1-4-14-33(15-5-1)35-24-26-37(27-25-35)50-52-49(36-18-8-3-9-19-36)53-51(54-50)42-21-10-12-22-43(42)55-44-31-30-40-39-20-11-13-23-46(39)56-48(40)47(44)41-29-28-38(32-45(41)55)34-16-6-2-7-17-34/h2*1-32H. The van der Waals surface area contributed by atoms with Gasteiger partial charge in [0.05, 0.1) is 44.2 Å². The van der Waals surface area contributed by atoms with Gasteiger partial charge in [-0.3, -0.25) is 0 Å². The van der Waals surface area contributed by atoms with Crippen molar-refractivity contribution in [2.24, 2.45) is 0 Å². The lowest BCUT2D eigenvalue weighted by molar-refractivity contribution is 0.672. The maximum Gasteiger partial charge on any atom is 0.166 e. The fourth-order valence-electron chi connectivity index (χ4n) is 16.1. The van der Waals surface area contributed by atoms with Crippen LogP contribution in [0, 0.1) is 0 Å². The lowest BCUT2D eigenvalue weighted by Crippen LogP contribution is -2.04. The minimum Gasteiger partial charge on any atom is -0.455 e. The number of fused-ring (bicyclic) bond motifs is 14. The molecule has 0 aliphatic heterocycles. The van der Waals surface area contributed by atoms with Crippen LogP contribution in [-0.4, -0.2) is 39.0 Å². The second-order valence-electron chi connectivity index (χ2n) is 28.0. The van der Waals surface area contributed by atoms with Crippen LogP contribution in [0.3, 0.4) is 0 Å². The summed E-state index contributed by atoms with van der Waals surface area (Å²) >= 11 is 0. The van der Waals surface area contributed by atoms with Crippen molar-refractivity contribution in [1.82, 2.24) is 39.0 Å². The predicted octanol–water partition coefficient (Wildman–Crippen LogP) is 26.4. The van der Waals surface area contributed by atoms with E-state index in [0.717, 1.165) is 177 Å². The van der Waals surface area contributed by atoms with Gasteiger partial charge in [0.15, 0.2) is 34.9 Å². The summed E-state index contributed by atoms with van der Waals surface area (Å²) in [4.78, 5) is 31.0. The van der Waals surface area contributed by atoms with Crippen molar-refractivity contribution in [3.05, 3.63) is 388 Å². The molecule has 112 heavy (non-hydrogen) atoms. The Labute approximate surface area is 643 Å². The Bertz CT molecular complexity index is 7330. The molecular formula is C102H64N8O2. The molecule has 0 spiro atoms. The van der Waals surface area contributed by atoms with Gasteiger partial charge < -0.3 is 18.0 Å². The minimum absolute atomic E-state index is 0.591. The molecule has 0 aliphatic carbocycles. The molecule has 0 radical (unpaired) electrons. The Kier molecular flexibility index (Phi) is 16.0. The molecule has 16 aromatic carbocycles. The van der Waals surface area contributed by atoms with Gasteiger partial charge in [0.25, 0.3) is 0 Å². The van der Waals surface area contributed by atoms with Gasteiger partial charge in [-0.1, -0.05) is 322 Å². The Balaban J connectivity index is 0.000000141. The van der Waals surface area contributed by atoms with Gasteiger partial charge in [0, 0.05) is 71.3 Å². The summed E-state index contributed by atoms with van der Waals surface area (Å²) in [6, 6.07) is 135. The van der Waals surface area contributed by atoms with E-state index in [1.807, 2.05) is 97.1 Å². The number of rotatable bonds is 12. The van der Waals surface area contributed by atoms with Crippen LogP contribution in [0.1, 0.15) is 0 Å². The van der Waals surface area contributed by atoms with Crippen molar-refractivity contribution in [2.45, 2.75) is 0 Å². The zero-order valence-electron chi connectivity index (χ0n) is 60.3. The highest BCUT2D eigenvalue weighted by molar-refractivity contribution is 6.26. The summed E-state index contributed by atoms with van der Waals surface area (Å²) < 4.78 is 18.1. The van der Waals surface area contributed by atoms with E-state index in [1.165, 1.54) is 0 Å². The van der Waals surface area contributed by atoms with Crippen molar-refractivity contribution < 1.29 is 8.83 Å². The summed E-state index contributed by atoms with van der Waals surface area (Å²) in [5, 5.41) is 8.77. The highest BCUT2D eigenvalue weighted by Crippen LogP contribution is 2.47. The molecular weight excluding hydrogens is 1370 g/mol. The lowest BCUT2D eigenvalue weighted by Gasteiger charge is -2.16. The second-order valence-corrected chi connectivity index (χ2v) is 28.0. The van der Waals surface area contributed by atoms with Gasteiger partial charge in [-0.25, -0.2) is 29.9 Å². The monoisotopic (exact) mass is 1430 g/mol. The maximum atomic E-state index is 6.70. The number of aromatic nitrogens is 8. The Morgan fingerprint density at radius 3 is 0.973 bits per heavy atom. The van der Waals surface area contributed by atoms with Crippen molar-refractivity contribution in [1.29, 1.82) is 0 Å². The third kappa shape index (κ3) is 11.4. The van der Waals surface area contributed by atoms with Crippen molar-refractivity contribution in [2.75, 3.05) is 0 Å². The van der Waals surface area contributed by atoms with E-state index in [2.05, 4.69) is 300 Å². The first kappa shape index (κ1) is 65.1. The molecule has 0 aliphatic rings. The molecule has 0 saturated carbocycles. The van der Waals surface area contributed by atoms with E-state index in [4.69, 9.17) is 38.7 Å². The maximum absolute atomic E-state index is 6.70. The van der Waals surface area contributed by atoms with Crippen molar-refractivity contribution >= 4 is 87.5 Å². The van der Waals surface area contributed by atoms with E-state index in [1.54, 1.807) is 0 Å². The summed E-state index contributed by atoms with van der Waals surface area (Å²) in [5.74, 6) is 3.64. The van der Waals surface area contributed by atoms with Crippen LogP contribution in [0.2, 0.25) is 0 Å². The molecule has 22 rings (SSSR count). The number of para-hydroxylation sites is 5. The Morgan fingerprint density at radius 2 is 0.500 bits per heavy atom. The molecule has 22 aromatic rings. The number of benzene rings is 16. The SMILES string of the molecule is c1ccc(-c2ccc(-c3nc(-c4ccccc4)nc(-c4ccccc4-n4c5cc(-c6ccccc6)ccc5c5c6oc7ccccc7c6ccc54)n3)cc2)cc1.c1ccc(-c2ccc(-c3nc(-c4ccccc4)nc(-c4ccccc4-n4c5ccc6c7ccccc7oc6c5c5cccc(-c6ccccc6)c54)n3)cc2)cc1. The third-order valence-electron chi connectivity index (χ3n) is 21.4. The van der Waals surface area contributed by atoms with Crippen molar-refractivity contribution in [3.8, 4) is 124 Å². The molecule has 0 amide bonds. The number of hydrogen-bond donors (Lipinski definition) is 0. The zero-order chi connectivity index (χ0) is 74.0. The van der Waals surface area contributed by atoms with Crippen LogP contribution in [0.25, 0.3) is 212 Å². The van der Waals surface area contributed by atoms with E-state index in [0.29, 0.717) is 34.9 Å². The second kappa shape index (κ2) is 27.5. The smallest absolute Gasteiger partial charge is 0.166 e. The highest BCUT2D eigenvalue weighted by atomic mass is 16.3. The molecule has 6 heterocycles. The number of hydrogen-bond acceptors (Lipinski definition) is 8.